The van der Waals surface area contributed by atoms with Crippen molar-refractivity contribution in [3.05, 3.63) is 0 Å². The highest BCUT2D eigenvalue weighted by Gasteiger charge is 2.48. The van der Waals surface area contributed by atoms with Gasteiger partial charge < -0.3 is 28.0 Å². The van der Waals surface area contributed by atoms with Crippen LogP contribution >= 0.6 is 0 Å². The predicted octanol–water partition coefficient (Wildman–Crippen LogP) is 8.73. The van der Waals surface area contributed by atoms with Gasteiger partial charge in [0.1, 0.15) is 0 Å². The van der Waals surface area contributed by atoms with Gasteiger partial charge in [-0.05, 0) is 162 Å². The zero-order valence-corrected chi connectivity index (χ0v) is 31.2. The molecule has 254 valence electrons. The van der Waals surface area contributed by atoms with Gasteiger partial charge in [0.05, 0.1) is 0 Å². The molecule has 7 heteroatoms. The lowest BCUT2D eigenvalue weighted by Crippen LogP contribution is -2.50. The van der Waals surface area contributed by atoms with E-state index in [1.54, 1.807) is 0 Å². The van der Waals surface area contributed by atoms with Gasteiger partial charge in [-0.25, -0.2) is 0 Å². The first kappa shape index (κ1) is 42.0. The molecule has 0 radical (unpaired) electrons. The molecule has 0 aliphatic carbocycles. The quantitative estimate of drug-likeness (QED) is 0.0705. The summed E-state index contributed by atoms with van der Waals surface area (Å²) >= 11 is 0. The molecule has 0 saturated carbocycles. The van der Waals surface area contributed by atoms with Crippen molar-refractivity contribution in [3.63, 3.8) is 0 Å². The van der Waals surface area contributed by atoms with Gasteiger partial charge >= 0.3 is 8.80 Å². The molecule has 0 unspecified atom stereocenters. The Labute approximate surface area is 266 Å². The van der Waals surface area contributed by atoms with E-state index in [0.29, 0.717) is 19.8 Å². The predicted molar refractivity (Wildman–Crippen MR) is 187 cm³/mol. The summed E-state index contributed by atoms with van der Waals surface area (Å²) in [6, 6.07) is 0.959. The van der Waals surface area contributed by atoms with Gasteiger partial charge in [-0.3, -0.25) is 0 Å². The minimum atomic E-state index is -2.79. The first-order valence-electron chi connectivity index (χ1n) is 18.5. The molecule has 0 N–H and O–H groups in total. The molecule has 0 aromatic carbocycles. The Bertz CT molecular complexity index is 494. The van der Waals surface area contributed by atoms with Crippen LogP contribution < -0.4 is 0 Å². The van der Waals surface area contributed by atoms with E-state index in [-0.39, 0.29) is 5.41 Å². The fraction of sp³-hybridized carbons (Fsp3) is 1.00. The van der Waals surface area contributed by atoms with E-state index in [1.807, 2.05) is 0 Å². The minimum Gasteiger partial charge on any atom is -0.374 e. The lowest BCUT2D eigenvalue weighted by Gasteiger charge is -2.41. The number of nitrogens with zero attached hydrogens (tertiary/aromatic N) is 3. The SMILES string of the molecule is CCCN(CCC)CCCC(CCCN(CCC)CCC)(CCCN(CCC)CCC)C[Si](OCC)(OCC)OCC. The lowest BCUT2D eigenvalue weighted by molar-refractivity contribution is 0.0507. The van der Waals surface area contributed by atoms with Crippen LogP contribution in [0.3, 0.4) is 0 Å². The number of hydrogen-bond acceptors (Lipinski definition) is 6. The fourth-order valence-corrected chi connectivity index (χ4v) is 10.3. The summed E-state index contributed by atoms with van der Waals surface area (Å²) in [5.74, 6) is 0. The molecule has 0 bridgehead atoms. The van der Waals surface area contributed by atoms with E-state index in [2.05, 4.69) is 77.0 Å². The molecule has 0 amide bonds. The molecule has 0 aromatic rings. The van der Waals surface area contributed by atoms with Crippen LogP contribution in [-0.4, -0.2) is 102 Å². The Morgan fingerprint density at radius 1 is 0.405 bits per heavy atom. The van der Waals surface area contributed by atoms with Crippen molar-refractivity contribution in [1.82, 2.24) is 14.7 Å². The van der Waals surface area contributed by atoms with Crippen LogP contribution in [0.15, 0.2) is 0 Å². The van der Waals surface area contributed by atoms with Crippen molar-refractivity contribution in [2.75, 3.05) is 78.7 Å². The number of rotatable bonds is 32. The minimum absolute atomic E-state index is 0.185. The van der Waals surface area contributed by atoms with Gasteiger partial charge in [-0.1, -0.05) is 41.5 Å². The van der Waals surface area contributed by atoms with Gasteiger partial charge in [0, 0.05) is 25.9 Å². The van der Waals surface area contributed by atoms with E-state index in [4.69, 9.17) is 13.3 Å². The zero-order valence-electron chi connectivity index (χ0n) is 30.2. The summed E-state index contributed by atoms with van der Waals surface area (Å²) in [4.78, 5) is 8.08. The average molecular weight is 616 g/mol. The van der Waals surface area contributed by atoms with E-state index in [9.17, 15) is 0 Å². The van der Waals surface area contributed by atoms with Crippen LogP contribution in [0.1, 0.15) is 139 Å². The zero-order chi connectivity index (χ0) is 31.5. The van der Waals surface area contributed by atoms with Gasteiger partial charge in [0.15, 0.2) is 0 Å². The Morgan fingerprint density at radius 2 is 0.667 bits per heavy atom. The Balaban J connectivity index is 6.25. The lowest BCUT2D eigenvalue weighted by atomic mass is 9.76. The molecule has 6 nitrogen and oxygen atoms in total. The summed E-state index contributed by atoms with van der Waals surface area (Å²) in [5.41, 5.74) is 0.185. The maximum absolute atomic E-state index is 6.54. The summed E-state index contributed by atoms with van der Waals surface area (Å²) in [6.45, 7) is 33.0. The molecule has 0 atom stereocenters. The Hall–Kier alpha value is -0.0231. The highest BCUT2D eigenvalue weighted by atomic mass is 28.4. The molecule has 0 aromatic heterocycles. The number of hydrogen-bond donors (Lipinski definition) is 0. The van der Waals surface area contributed by atoms with Crippen LogP contribution in [0.4, 0.5) is 0 Å². The molecule has 0 spiro atoms. The van der Waals surface area contributed by atoms with Crippen LogP contribution in [-0.2, 0) is 13.3 Å². The highest BCUT2D eigenvalue weighted by molar-refractivity contribution is 6.60. The second-order valence-corrected chi connectivity index (χ2v) is 15.1. The molecule has 42 heavy (non-hydrogen) atoms. The summed E-state index contributed by atoms with van der Waals surface area (Å²) in [7, 11) is -2.79. The molecule has 0 saturated heterocycles. The van der Waals surface area contributed by atoms with Gasteiger partial charge in [0.2, 0.25) is 0 Å². The van der Waals surface area contributed by atoms with Gasteiger partial charge in [-0.2, -0.15) is 0 Å². The second-order valence-electron chi connectivity index (χ2n) is 12.5. The summed E-state index contributed by atoms with van der Waals surface area (Å²) in [6.07, 6.45) is 14.8. The first-order valence-corrected chi connectivity index (χ1v) is 20.4. The second kappa shape index (κ2) is 27.3. The van der Waals surface area contributed by atoms with Gasteiger partial charge in [-0.15, -0.1) is 0 Å². The van der Waals surface area contributed by atoms with Crippen LogP contribution in [0.25, 0.3) is 0 Å². The highest BCUT2D eigenvalue weighted by Crippen LogP contribution is 2.44. The maximum Gasteiger partial charge on any atom is 0.501 e. The van der Waals surface area contributed by atoms with Crippen molar-refractivity contribution in [2.45, 2.75) is 145 Å². The third kappa shape index (κ3) is 18.7. The molecule has 0 heterocycles. The largest absolute Gasteiger partial charge is 0.501 e. The van der Waals surface area contributed by atoms with Crippen molar-refractivity contribution >= 4 is 8.80 Å². The normalized spacial score (nSPS) is 12.9. The van der Waals surface area contributed by atoms with Crippen molar-refractivity contribution in [1.29, 1.82) is 0 Å². The van der Waals surface area contributed by atoms with Crippen molar-refractivity contribution in [2.24, 2.45) is 5.41 Å². The Morgan fingerprint density at radius 3 is 0.881 bits per heavy atom. The van der Waals surface area contributed by atoms with Crippen LogP contribution in [0.5, 0.6) is 0 Å². The standard InChI is InChI=1S/C35H77N3O3Si/c1-10-25-36(26-11-2)31-19-22-35(23-20-32-37(27-12-3)28-13-4,24-21-33-38(29-14-5)30-15-6)34-42(39-16-7,40-17-8)41-18-9/h10-34H2,1-9H3. The van der Waals surface area contributed by atoms with Crippen molar-refractivity contribution in [3.8, 4) is 0 Å². The third-order valence-electron chi connectivity index (χ3n) is 8.47. The molecular weight excluding hydrogens is 538 g/mol. The van der Waals surface area contributed by atoms with E-state index in [1.165, 1.54) is 136 Å². The van der Waals surface area contributed by atoms with Crippen molar-refractivity contribution < 1.29 is 13.3 Å². The molecule has 0 aliphatic heterocycles. The van der Waals surface area contributed by atoms with Gasteiger partial charge in [0.25, 0.3) is 0 Å². The third-order valence-corrected chi connectivity index (χ3v) is 11.8. The topological polar surface area (TPSA) is 37.4 Å². The summed E-state index contributed by atoms with van der Waals surface area (Å²) < 4.78 is 19.6. The molecular formula is C35H77N3O3Si. The monoisotopic (exact) mass is 616 g/mol. The first-order chi connectivity index (χ1) is 20.4. The fourth-order valence-electron chi connectivity index (χ4n) is 6.97. The molecule has 0 rings (SSSR count). The molecule has 0 fully saturated rings. The molecule has 0 aliphatic rings. The smallest absolute Gasteiger partial charge is 0.374 e. The van der Waals surface area contributed by atoms with Crippen LogP contribution in [0, 0.1) is 5.41 Å². The van der Waals surface area contributed by atoms with E-state index >= 15 is 0 Å². The van der Waals surface area contributed by atoms with E-state index in [0.717, 1.165) is 6.04 Å². The van der Waals surface area contributed by atoms with Crippen LogP contribution in [0.2, 0.25) is 6.04 Å². The Kier molecular flexibility index (Phi) is 27.3. The summed E-state index contributed by atoms with van der Waals surface area (Å²) in [5, 5.41) is 0. The average Bonchev–Trinajstić information content (AvgIpc) is 2.94. The van der Waals surface area contributed by atoms with E-state index < -0.39 is 8.80 Å². The maximum atomic E-state index is 6.54.